The summed E-state index contributed by atoms with van der Waals surface area (Å²) in [6.45, 7) is 2.49. The summed E-state index contributed by atoms with van der Waals surface area (Å²) in [6.07, 6.45) is 1.45. The third kappa shape index (κ3) is 3.79. The van der Waals surface area contributed by atoms with Crippen molar-refractivity contribution in [3.8, 4) is 5.75 Å². The average molecular weight is 353 g/mol. The molecule has 0 saturated carbocycles. The molecule has 1 aliphatic rings. The molecule has 2 N–H and O–H groups in total. The minimum atomic E-state index is -0.482. The number of anilines is 2. The van der Waals surface area contributed by atoms with Crippen molar-refractivity contribution in [3.63, 3.8) is 0 Å². The molecule has 3 rings (SSSR count). The number of amides is 3. The number of ether oxygens (including phenoxy) is 1. The molecule has 1 aliphatic heterocycles. The van der Waals surface area contributed by atoms with Gasteiger partial charge in [-0.2, -0.15) is 0 Å². The number of urea groups is 1. The summed E-state index contributed by atoms with van der Waals surface area (Å²) < 4.78 is 5.26. The topological polar surface area (TPSA) is 70.7 Å². The van der Waals surface area contributed by atoms with Crippen LogP contribution in [-0.4, -0.2) is 36.5 Å². The summed E-state index contributed by atoms with van der Waals surface area (Å²) in [6, 6.07) is 14.0. The Bertz CT molecular complexity index is 806. The highest BCUT2D eigenvalue weighted by Crippen LogP contribution is 2.26. The SMILES string of the molecule is COc1ccccc1NC(=O)N1CCCC1C(=O)Nc1ccccc1C. The van der Waals surface area contributed by atoms with E-state index in [0.717, 1.165) is 17.7 Å². The van der Waals surface area contributed by atoms with Crippen LogP contribution in [0.4, 0.5) is 16.2 Å². The van der Waals surface area contributed by atoms with Crippen LogP contribution < -0.4 is 15.4 Å². The number of carbonyl (C=O) groups excluding carboxylic acids is 2. The highest BCUT2D eigenvalue weighted by Gasteiger charge is 2.34. The van der Waals surface area contributed by atoms with Crippen LogP contribution in [0.5, 0.6) is 5.75 Å². The van der Waals surface area contributed by atoms with Crippen molar-refractivity contribution in [2.45, 2.75) is 25.8 Å². The lowest BCUT2D eigenvalue weighted by Gasteiger charge is -2.25. The monoisotopic (exact) mass is 353 g/mol. The zero-order valence-electron chi connectivity index (χ0n) is 15.0. The van der Waals surface area contributed by atoms with Crippen LogP contribution in [0.2, 0.25) is 0 Å². The molecule has 136 valence electrons. The number of nitrogens with zero attached hydrogens (tertiary/aromatic N) is 1. The van der Waals surface area contributed by atoms with E-state index in [-0.39, 0.29) is 11.9 Å². The Hall–Kier alpha value is -3.02. The number of rotatable bonds is 4. The van der Waals surface area contributed by atoms with E-state index >= 15 is 0 Å². The van der Waals surface area contributed by atoms with Gasteiger partial charge in [0.2, 0.25) is 5.91 Å². The molecule has 6 heteroatoms. The van der Waals surface area contributed by atoms with Gasteiger partial charge >= 0.3 is 6.03 Å². The first kappa shape index (κ1) is 17.8. The second kappa shape index (κ2) is 7.91. The van der Waals surface area contributed by atoms with E-state index in [1.54, 1.807) is 24.1 Å². The first-order valence-electron chi connectivity index (χ1n) is 8.67. The Morgan fingerprint density at radius 2 is 1.73 bits per heavy atom. The Morgan fingerprint density at radius 3 is 2.46 bits per heavy atom. The second-order valence-electron chi connectivity index (χ2n) is 6.29. The number of methoxy groups -OCH3 is 1. The minimum Gasteiger partial charge on any atom is -0.495 e. The first-order chi connectivity index (χ1) is 12.6. The number of hydrogen-bond acceptors (Lipinski definition) is 3. The summed E-state index contributed by atoms with van der Waals surface area (Å²) in [7, 11) is 1.55. The summed E-state index contributed by atoms with van der Waals surface area (Å²) in [5, 5.41) is 5.78. The molecule has 26 heavy (non-hydrogen) atoms. The van der Waals surface area contributed by atoms with E-state index in [1.165, 1.54) is 0 Å². The largest absolute Gasteiger partial charge is 0.495 e. The molecule has 0 aromatic heterocycles. The molecule has 0 radical (unpaired) electrons. The standard InChI is InChI=1S/C20H23N3O3/c1-14-8-3-4-9-15(14)21-19(24)17-11-7-13-23(17)20(25)22-16-10-5-6-12-18(16)26-2/h3-6,8-10,12,17H,7,11,13H2,1-2H3,(H,21,24)(H,22,25). The van der Waals surface area contributed by atoms with E-state index in [1.807, 2.05) is 43.3 Å². The molecule has 6 nitrogen and oxygen atoms in total. The van der Waals surface area contributed by atoms with E-state index in [0.29, 0.717) is 24.4 Å². The smallest absolute Gasteiger partial charge is 0.322 e. The van der Waals surface area contributed by atoms with Gasteiger partial charge in [0.05, 0.1) is 12.8 Å². The fourth-order valence-corrected chi connectivity index (χ4v) is 3.15. The molecule has 3 amide bonds. The van der Waals surface area contributed by atoms with Crippen LogP contribution in [0.1, 0.15) is 18.4 Å². The van der Waals surface area contributed by atoms with Gasteiger partial charge in [0.1, 0.15) is 11.8 Å². The zero-order chi connectivity index (χ0) is 18.5. The molecule has 0 aliphatic carbocycles. The highest BCUT2D eigenvalue weighted by molar-refractivity contribution is 6.00. The fraction of sp³-hybridized carbons (Fsp3) is 0.300. The van der Waals surface area contributed by atoms with Crippen LogP contribution >= 0.6 is 0 Å². The van der Waals surface area contributed by atoms with Crippen LogP contribution in [0.15, 0.2) is 48.5 Å². The van der Waals surface area contributed by atoms with Gasteiger partial charge in [-0.25, -0.2) is 4.79 Å². The number of hydrogen-bond donors (Lipinski definition) is 2. The van der Waals surface area contributed by atoms with Gasteiger partial charge in [0.15, 0.2) is 0 Å². The van der Waals surface area contributed by atoms with Crippen molar-refractivity contribution in [3.05, 3.63) is 54.1 Å². The molecule has 2 aromatic rings. The predicted molar refractivity (Wildman–Crippen MR) is 102 cm³/mol. The quantitative estimate of drug-likeness (QED) is 0.882. The van der Waals surface area contributed by atoms with Gasteiger partial charge in [-0.15, -0.1) is 0 Å². The van der Waals surface area contributed by atoms with Crippen LogP contribution in [0.25, 0.3) is 0 Å². The minimum absolute atomic E-state index is 0.160. The predicted octanol–water partition coefficient (Wildman–Crippen LogP) is 3.64. The second-order valence-corrected chi connectivity index (χ2v) is 6.29. The summed E-state index contributed by atoms with van der Waals surface area (Å²) in [5.74, 6) is 0.424. The molecule has 0 spiro atoms. The molecule has 2 aromatic carbocycles. The number of benzene rings is 2. The Balaban J connectivity index is 1.70. The number of aryl methyl sites for hydroxylation is 1. The lowest BCUT2D eigenvalue weighted by molar-refractivity contribution is -0.119. The molecule has 0 bridgehead atoms. The molecule has 1 atom stereocenters. The van der Waals surface area contributed by atoms with Gasteiger partial charge in [0.25, 0.3) is 0 Å². The maximum absolute atomic E-state index is 12.7. The lowest BCUT2D eigenvalue weighted by Crippen LogP contribution is -2.45. The maximum atomic E-state index is 12.7. The maximum Gasteiger partial charge on any atom is 0.322 e. The van der Waals surface area contributed by atoms with Crippen molar-refractivity contribution >= 4 is 23.3 Å². The van der Waals surface area contributed by atoms with Crippen molar-refractivity contribution < 1.29 is 14.3 Å². The summed E-state index contributed by atoms with van der Waals surface area (Å²) in [4.78, 5) is 27.0. The van der Waals surface area contributed by atoms with Gasteiger partial charge in [0, 0.05) is 12.2 Å². The number of carbonyl (C=O) groups is 2. The molecule has 1 fully saturated rings. The first-order valence-corrected chi connectivity index (χ1v) is 8.67. The van der Waals surface area contributed by atoms with Gasteiger partial charge in [-0.3, -0.25) is 4.79 Å². The Labute approximate surface area is 153 Å². The molecular weight excluding hydrogens is 330 g/mol. The molecular formula is C20H23N3O3. The van der Waals surface area contributed by atoms with Gasteiger partial charge < -0.3 is 20.3 Å². The van der Waals surface area contributed by atoms with E-state index in [9.17, 15) is 9.59 Å². The summed E-state index contributed by atoms with van der Waals surface area (Å²) in [5.41, 5.74) is 2.35. The normalized spacial score (nSPS) is 16.2. The third-order valence-electron chi connectivity index (χ3n) is 4.57. The number of nitrogens with one attached hydrogen (secondary N) is 2. The lowest BCUT2D eigenvalue weighted by atomic mass is 10.1. The molecule has 1 heterocycles. The Morgan fingerprint density at radius 1 is 1.04 bits per heavy atom. The van der Waals surface area contributed by atoms with Crippen LogP contribution in [0, 0.1) is 6.92 Å². The van der Waals surface area contributed by atoms with Crippen LogP contribution in [-0.2, 0) is 4.79 Å². The molecule has 1 saturated heterocycles. The van der Waals surface area contributed by atoms with Crippen LogP contribution in [0.3, 0.4) is 0 Å². The van der Waals surface area contributed by atoms with Gasteiger partial charge in [-0.1, -0.05) is 30.3 Å². The zero-order valence-corrected chi connectivity index (χ0v) is 15.0. The van der Waals surface area contributed by atoms with Crippen molar-refractivity contribution in [1.29, 1.82) is 0 Å². The van der Waals surface area contributed by atoms with Gasteiger partial charge in [-0.05, 0) is 43.5 Å². The van der Waals surface area contributed by atoms with E-state index in [4.69, 9.17) is 4.74 Å². The number of likely N-dealkylation sites (tertiary alicyclic amines) is 1. The van der Waals surface area contributed by atoms with E-state index in [2.05, 4.69) is 10.6 Å². The fourth-order valence-electron chi connectivity index (χ4n) is 3.15. The van der Waals surface area contributed by atoms with Crippen molar-refractivity contribution in [2.75, 3.05) is 24.3 Å². The molecule has 1 unspecified atom stereocenters. The van der Waals surface area contributed by atoms with E-state index < -0.39 is 6.04 Å². The van der Waals surface area contributed by atoms with Crippen molar-refractivity contribution in [1.82, 2.24) is 4.90 Å². The van der Waals surface area contributed by atoms with Crippen molar-refractivity contribution in [2.24, 2.45) is 0 Å². The summed E-state index contributed by atoms with van der Waals surface area (Å²) >= 11 is 0. The number of para-hydroxylation sites is 3. The average Bonchev–Trinajstić information content (AvgIpc) is 3.14. The third-order valence-corrected chi connectivity index (χ3v) is 4.57. The Kier molecular flexibility index (Phi) is 5.41. The highest BCUT2D eigenvalue weighted by atomic mass is 16.5.